The van der Waals surface area contributed by atoms with Crippen molar-refractivity contribution in [3.63, 3.8) is 0 Å². The molecular formula is C19H20N2. The molecule has 2 aromatic rings. The Morgan fingerprint density at radius 1 is 1.05 bits per heavy atom. The summed E-state index contributed by atoms with van der Waals surface area (Å²) in [6.07, 6.45) is 1.87. The van der Waals surface area contributed by atoms with E-state index in [0.717, 1.165) is 18.4 Å². The van der Waals surface area contributed by atoms with Crippen LogP contribution in [0.3, 0.4) is 0 Å². The van der Waals surface area contributed by atoms with E-state index in [2.05, 4.69) is 55.4 Å². The molecule has 0 aliphatic heterocycles. The van der Waals surface area contributed by atoms with Crippen LogP contribution in [0.4, 0.5) is 0 Å². The second-order valence-corrected chi connectivity index (χ2v) is 5.99. The van der Waals surface area contributed by atoms with Crippen LogP contribution in [0.15, 0.2) is 54.6 Å². The zero-order chi connectivity index (χ0) is 14.9. The first-order chi connectivity index (χ1) is 10.2. The van der Waals surface area contributed by atoms with Gasteiger partial charge in [-0.3, -0.25) is 0 Å². The van der Waals surface area contributed by atoms with Crippen LogP contribution in [0.5, 0.6) is 0 Å². The molecule has 0 spiro atoms. The van der Waals surface area contributed by atoms with Gasteiger partial charge in [0.25, 0.3) is 0 Å². The fraction of sp³-hybridized carbons (Fsp3) is 0.316. The van der Waals surface area contributed by atoms with Crippen molar-refractivity contribution in [2.45, 2.75) is 24.3 Å². The Labute approximate surface area is 126 Å². The van der Waals surface area contributed by atoms with E-state index < -0.39 is 5.41 Å². The topological polar surface area (TPSA) is 27.0 Å². The molecule has 0 aromatic heterocycles. The summed E-state index contributed by atoms with van der Waals surface area (Å²) in [6.45, 7) is 0. The molecule has 2 aromatic carbocycles. The van der Waals surface area contributed by atoms with Crippen LogP contribution in [0.1, 0.15) is 35.6 Å². The van der Waals surface area contributed by atoms with Crippen LogP contribution in [-0.4, -0.2) is 19.0 Å². The normalized spacial score (nSPS) is 24.4. The summed E-state index contributed by atoms with van der Waals surface area (Å²) in [6, 6.07) is 21.7. The number of fused-ring (bicyclic) bond motifs is 1. The zero-order valence-electron chi connectivity index (χ0n) is 12.6. The third-order valence-electron chi connectivity index (χ3n) is 4.65. The van der Waals surface area contributed by atoms with Gasteiger partial charge in [0.05, 0.1) is 6.07 Å². The minimum Gasteiger partial charge on any atom is -0.302 e. The average molecular weight is 276 g/mol. The van der Waals surface area contributed by atoms with E-state index in [-0.39, 0.29) is 0 Å². The van der Waals surface area contributed by atoms with Gasteiger partial charge >= 0.3 is 0 Å². The second kappa shape index (κ2) is 5.35. The molecule has 2 atom stereocenters. The van der Waals surface area contributed by atoms with E-state index in [1.165, 1.54) is 11.1 Å². The van der Waals surface area contributed by atoms with Gasteiger partial charge in [0.15, 0.2) is 0 Å². The smallest absolute Gasteiger partial charge is 0.107 e. The largest absolute Gasteiger partial charge is 0.302 e. The van der Waals surface area contributed by atoms with Crippen LogP contribution in [0.2, 0.25) is 0 Å². The van der Waals surface area contributed by atoms with E-state index in [0.29, 0.717) is 6.04 Å². The van der Waals surface area contributed by atoms with Crippen molar-refractivity contribution >= 4 is 0 Å². The Morgan fingerprint density at radius 2 is 1.71 bits per heavy atom. The standard InChI is InChI=1S/C19H20N2/c1-21(2)18-12-13-19(14-20,15-8-4-3-5-9-15)17-11-7-6-10-16(17)18/h3-11,18H,12-13H2,1-2H3/t18-,19+/m0/s1. The number of rotatable bonds is 2. The highest BCUT2D eigenvalue weighted by molar-refractivity contribution is 5.52. The van der Waals surface area contributed by atoms with Crippen molar-refractivity contribution < 1.29 is 0 Å². The van der Waals surface area contributed by atoms with Gasteiger partial charge in [-0.05, 0) is 43.6 Å². The van der Waals surface area contributed by atoms with Crippen molar-refractivity contribution in [1.29, 1.82) is 5.26 Å². The molecule has 2 heteroatoms. The molecule has 0 radical (unpaired) electrons. The molecule has 2 nitrogen and oxygen atoms in total. The molecule has 21 heavy (non-hydrogen) atoms. The fourth-order valence-electron chi connectivity index (χ4n) is 3.56. The zero-order valence-corrected chi connectivity index (χ0v) is 12.6. The van der Waals surface area contributed by atoms with Crippen molar-refractivity contribution in [3.05, 3.63) is 71.3 Å². The molecule has 0 fully saturated rings. The van der Waals surface area contributed by atoms with Crippen molar-refractivity contribution in [2.75, 3.05) is 14.1 Å². The minimum absolute atomic E-state index is 0.395. The summed E-state index contributed by atoms with van der Waals surface area (Å²) in [5.74, 6) is 0. The first-order valence-electron chi connectivity index (χ1n) is 7.41. The molecule has 0 N–H and O–H groups in total. The predicted octanol–water partition coefficient (Wildman–Crippen LogP) is 3.89. The Hall–Kier alpha value is -2.11. The highest BCUT2D eigenvalue weighted by atomic mass is 15.1. The maximum Gasteiger partial charge on any atom is 0.107 e. The van der Waals surface area contributed by atoms with Gasteiger partial charge in [0.1, 0.15) is 5.41 Å². The highest BCUT2D eigenvalue weighted by Gasteiger charge is 2.41. The van der Waals surface area contributed by atoms with Gasteiger partial charge in [-0.15, -0.1) is 0 Å². The second-order valence-electron chi connectivity index (χ2n) is 5.99. The molecule has 0 heterocycles. The fourth-order valence-corrected chi connectivity index (χ4v) is 3.56. The molecular weight excluding hydrogens is 256 g/mol. The van der Waals surface area contributed by atoms with Crippen LogP contribution in [0, 0.1) is 11.3 Å². The third-order valence-corrected chi connectivity index (χ3v) is 4.65. The summed E-state index contributed by atoms with van der Waals surface area (Å²) < 4.78 is 0. The average Bonchev–Trinajstić information content (AvgIpc) is 2.54. The monoisotopic (exact) mass is 276 g/mol. The molecule has 1 aliphatic rings. The summed E-state index contributed by atoms with van der Waals surface area (Å²) in [7, 11) is 4.23. The summed E-state index contributed by atoms with van der Waals surface area (Å²) in [4.78, 5) is 2.26. The molecule has 0 bridgehead atoms. The highest BCUT2D eigenvalue weighted by Crippen LogP contribution is 2.46. The number of hydrogen-bond donors (Lipinski definition) is 0. The van der Waals surface area contributed by atoms with Gasteiger partial charge in [-0.1, -0.05) is 54.6 Å². The Balaban J connectivity index is 2.21. The van der Waals surface area contributed by atoms with Crippen LogP contribution in [0.25, 0.3) is 0 Å². The quantitative estimate of drug-likeness (QED) is 0.832. The summed E-state index contributed by atoms with van der Waals surface area (Å²) in [5, 5.41) is 10.0. The Bertz CT molecular complexity index is 669. The lowest BCUT2D eigenvalue weighted by molar-refractivity contribution is 0.252. The molecule has 1 aliphatic carbocycles. The lowest BCUT2D eigenvalue weighted by Gasteiger charge is -2.40. The lowest BCUT2D eigenvalue weighted by atomic mass is 9.65. The lowest BCUT2D eigenvalue weighted by Crippen LogP contribution is -2.36. The maximum atomic E-state index is 10.0. The molecule has 0 unspecified atom stereocenters. The molecule has 3 rings (SSSR count). The van der Waals surface area contributed by atoms with Crippen molar-refractivity contribution in [3.8, 4) is 6.07 Å². The van der Waals surface area contributed by atoms with E-state index in [1.54, 1.807) is 0 Å². The van der Waals surface area contributed by atoms with Gasteiger partial charge in [0, 0.05) is 6.04 Å². The van der Waals surface area contributed by atoms with Gasteiger partial charge in [0.2, 0.25) is 0 Å². The van der Waals surface area contributed by atoms with Crippen LogP contribution < -0.4 is 0 Å². The van der Waals surface area contributed by atoms with E-state index in [9.17, 15) is 5.26 Å². The summed E-state index contributed by atoms with van der Waals surface area (Å²) in [5.41, 5.74) is 3.06. The van der Waals surface area contributed by atoms with E-state index in [4.69, 9.17) is 0 Å². The third kappa shape index (κ3) is 2.14. The van der Waals surface area contributed by atoms with Gasteiger partial charge < -0.3 is 4.90 Å². The van der Waals surface area contributed by atoms with Crippen molar-refractivity contribution in [2.24, 2.45) is 0 Å². The Morgan fingerprint density at radius 3 is 2.38 bits per heavy atom. The first-order valence-corrected chi connectivity index (χ1v) is 7.41. The molecule has 0 saturated carbocycles. The summed E-state index contributed by atoms with van der Waals surface area (Å²) >= 11 is 0. The molecule has 0 amide bonds. The number of nitrogens with zero attached hydrogens (tertiary/aromatic N) is 2. The van der Waals surface area contributed by atoms with Gasteiger partial charge in [-0.25, -0.2) is 0 Å². The number of benzene rings is 2. The predicted molar refractivity (Wildman–Crippen MR) is 84.9 cm³/mol. The van der Waals surface area contributed by atoms with Crippen LogP contribution >= 0.6 is 0 Å². The first kappa shape index (κ1) is 13.9. The SMILES string of the molecule is CN(C)[C@H]1CC[C@@](C#N)(c2ccccc2)c2ccccc21. The maximum absolute atomic E-state index is 10.0. The Kier molecular flexibility index (Phi) is 3.53. The number of hydrogen-bond acceptors (Lipinski definition) is 2. The molecule has 0 saturated heterocycles. The number of nitriles is 1. The van der Waals surface area contributed by atoms with E-state index >= 15 is 0 Å². The van der Waals surface area contributed by atoms with Crippen molar-refractivity contribution in [1.82, 2.24) is 4.90 Å². The molecule has 106 valence electrons. The minimum atomic E-state index is -0.510. The van der Waals surface area contributed by atoms with Gasteiger partial charge in [-0.2, -0.15) is 5.26 Å². The van der Waals surface area contributed by atoms with E-state index in [1.807, 2.05) is 24.3 Å². The van der Waals surface area contributed by atoms with Crippen LogP contribution in [-0.2, 0) is 5.41 Å².